The maximum Gasteiger partial charge on any atom is 0.117 e. The minimum absolute atomic E-state index is 0.327. The molecule has 2 N–H and O–H groups in total. The van der Waals surface area contributed by atoms with Crippen molar-refractivity contribution in [3.63, 3.8) is 0 Å². The second-order valence-corrected chi connectivity index (χ2v) is 4.13. The topological polar surface area (TPSA) is 48.6 Å². The van der Waals surface area contributed by atoms with E-state index in [1.165, 1.54) is 0 Å². The zero-order valence-electron chi connectivity index (χ0n) is 10.1. The largest absolute Gasteiger partial charge is 0.468 e. The predicted molar refractivity (Wildman–Crippen MR) is 64.2 cm³/mol. The van der Waals surface area contributed by atoms with Crippen molar-refractivity contribution in [1.82, 2.24) is 10.2 Å². The molecule has 0 aliphatic rings. The summed E-state index contributed by atoms with van der Waals surface area (Å²) in [5.74, 6) is 0.927. The van der Waals surface area contributed by atoms with Crippen LogP contribution in [-0.2, 0) is 6.54 Å². The third-order valence-electron chi connectivity index (χ3n) is 2.34. The molecule has 1 aromatic rings. The first-order valence-corrected chi connectivity index (χ1v) is 5.82. The Morgan fingerprint density at radius 3 is 3.00 bits per heavy atom. The summed E-state index contributed by atoms with van der Waals surface area (Å²) in [6, 6.07) is 3.82. The Hall–Kier alpha value is -0.840. The van der Waals surface area contributed by atoms with Crippen LogP contribution in [0.2, 0.25) is 0 Å². The van der Waals surface area contributed by atoms with Gasteiger partial charge in [0.05, 0.1) is 18.9 Å². The molecular weight excluding hydrogens is 204 g/mol. The van der Waals surface area contributed by atoms with Crippen LogP contribution in [0.25, 0.3) is 0 Å². The van der Waals surface area contributed by atoms with Crippen LogP contribution >= 0.6 is 0 Å². The number of aliphatic hydroxyl groups is 1. The summed E-state index contributed by atoms with van der Waals surface area (Å²) in [6.45, 7) is 5.10. The molecule has 0 aromatic carbocycles. The van der Waals surface area contributed by atoms with Crippen LogP contribution in [0.15, 0.2) is 22.8 Å². The van der Waals surface area contributed by atoms with Crippen LogP contribution in [0.4, 0.5) is 0 Å². The first-order valence-electron chi connectivity index (χ1n) is 5.82. The molecule has 0 fully saturated rings. The van der Waals surface area contributed by atoms with E-state index in [-0.39, 0.29) is 6.10 Å². The quantitative estimate of drug-likeness (QED) is 0.651. The van der Waals surface area contributed by atoms with Gasteiger partial charge in [-0.15, -0.1) is 0 Å². The van der Waals surface area contributed by atoms with Gasteiger partial charge in [0.1, 0.15) is 5.76 Å². The minimum Gasteiger partial charge on any atom is -0.468 e. The number of hydrogen-bond donors (Lipinski definition) is 2. The lowest BCUT2D eigenvalue weighted by molar-refractivity contribution is 0.118. The van der Waals surface area contributed by atoms with Crippen LogP contribution in [-0.4, -0.2) is 42.8 Å². The Bertz CT molecular complexity index is 262. The number of nitrogens with one attached hydrogen (secondary N) is 1. The van der Waals surface area contributed by atoms with E-state index in [0.29, 0.717) is 13.1 Å². The van der Waals surface area contributed by atoms with Crippen molar-refractivity contribution >= 4 is 0 Å². The van der Waals surface area contributed by atoms with Crippen molar-refractivity contribution in [3.05, 3.63) is 24.2 Å². The summed E-state index contributed by atoms with van der Waals surface area (Å²) in [7, 11) is 1.98. The number of hydrogen-bond acceptors (Lipinski definition) is 4. The molecule has 0 aliphatic heterocycles. The molecule has 4 nitrogen and oxygen atoms in total. The number of nitrogens with zero attached hydrogens (tertiary/aromatic N) is 1. The summed E-state index contributed by atoms with van der Waals surface area (Å²) >= 11 is 0. The molecule has 0 bridgehead atoms. The summed E-state index contributed by atoms with van der Waals surface area (Å²) in [6.07, 6.45) is 2.43. The molecule has 0 aliphatic carbocycles. The van der Waals surface area contributed by atoms with Crippen molar-refractivity contribution in [2.24, 2.45) is 0 Å². The molecule has 0 radical (unpaired) electrons. The number of rotatable bonds is 8. The summed E-state index contributed by atoms with van der Waals surface area (Å²) in [5.41, 5.74) is 0. The van der Waals surface area contributed by atoms with Gasteiger partial charge in [-0.2, -0.15) is 0 Å². The highest BCUT2D eigenvalue weighted by Gasteiger charge is 2.08. The third kappa shape index (κ3) is 5.30. The molecule has 1 rings (SSSR count). The zero-order valence-corrected chi connectivity index (χ0v) is 10.1. The number of aliphatic hydroxyl groups excluding tert-OH is 1. The van der Waals surface area contributed by atoms with Gasteiger partial charge in [-0.3, -0.25) is 4.90 Å². The maximum atomic E-state index is 9.74. The van der Waals surface area contributed by atoms with E-state index in [9.17, 15) is 5.11 Å². The normalized spacial score (nSPS) is 13.2. The summed E-state index contributed by atoms with van der Waals surface area (Å²) in [4.78, 5) is 2.05. The Labute approximate surface area is 97.2 Å². The lowest BCUT2D eigenvalue weighted by Crippen LogP contribution is -2.36. The molecular formula is C12H22N2O2. The second kappa shape index (κ2) is 7.44. The smallest absolute Gasteiger partial charge is 0.117 e. The Morgan fingerprint density at radius 1 is 1.56 bits per heavy atom. The van der Waals surface area contributed by atoms with Crippen LogP contribution in [0, 0.1) is 0 Å². The van der Waals surface area contributed by atoms with E-state index in [4.69, 9.17) is 4.42 Å². The van der Waals surface area contributed by atoms with E-state index in [0.717, 1.165) is 25.3 Å². The van der Waals surface area contributed by atoms with Gasteiger partial charge in [0.15, 0.2) is 0 Å². The van der Waals surface area contributed by atoms with Gasteiger partial charge in [-0.25, -0.2) is 0 Å². The van der Waals surface area contributed by atoms with Gasteiger partial charge in [-0.05, 0) is 32.1 Å². The van der Waals surface area contributed by atoms with Crippen LogP contribution < -0.4 is 5.32 Å². The van der Waals surface area contributed by atoms with Crippen LogP contribution in [0.5, 0.6) is 0 Å². The highest BCUT2D eigenvalue weighted by Crippen LogP contribution is 2.03. The molecule has 1 aromatic heterocycles. The van der Waals surface area contributed by atoms with E-state index < -0.39 is 0 Å². The molecule has 0 spiro atoms. The highest BCUT2D eigenvalue weighted by atomic mass is 16.3. The standard InChI is InChI=1S/C12H22N2O2/c1-3-6-13-8-11(15)9-14(2)10-12-5-4-7-16-12/h4-5,7,11,13,15H,3,6,8-10H2,1-2H3. The molecule has 1 heterocycles. The van der Waals surface area contributed by atoms with E-state index >= 15 is 0 Å². The molecule has 0 saturated carbocycles. The SMILES string of the molecule is CCCNCC(O)CN(C)Cc1ccco1. The molecule has 92 valence electrons. The maximum absolute atomic E-state index is 9.74. The van der Waals surface area contributed by atoms with Crippen LogP contribution in [0.1, 0.15) is 19.1 Å². The van der Waals surface area contributed by atoms with Crippen molar-refractivity contribution in [1.29, 1.82) is 0 Å². The van der Waals surface area contributed by atoms with Crippen molar-refractivity contribution in [2.75, 3.05) is 26.7 Å². The van der Waals surface area contributed by atoms with E-state index in [2.05, 4.69) is 17.1 Å². The fraction of sp³-hybridized carbons (Fsp3) is 0.667. The predicted octanol–water partition coefficient (Wildman–Crippen LogP) is 1.07. The molecule has 0 amide bonds. The Morgan fingerprint density at radius 2 is 2.38 bits per heavy atom. The van der Waals surface area contributed by atoms with Gasteiger partial charge in [0.25, 0.3) is 0 Å². The lowest BCUT2D eigenvalue weighted by Gasteiger charge is -2.19. The second-order valence-electron chi connectivity index (χ2n) is 4.13. The van der Waals surface area contributed by atoms with E-state index in [1.54, 1.807) is 6.26 Å². The van der Waals surface area contributed by atoms with Crippen molar-refractivity contribution < 1.29 is 9.52 Å². The first kappa shape index (κ1) is 13.2. The Balaban J connectivity index is 2.15. The molecule has 4 heteroatoms. The fourth-order valence-corrected chi connectivity index (χ4v) is 1.60. The monoisotopic (exact) mass is 226 g/mol. The lowest BCUT2D eigenvalue weighted by atomic mass is 10.3. The summed E-state index contributed by atoms with van der Waals surface area (Å²) < 4.78 is 5.25. The number of furan rings is 1. The van der Waals surface area contributed by atoms with Gasteiger partial charge in [0.2, 0.25) is 0 Å². The average Bonchev–Trinajstić information content (AvgIpc) is 2.70. The van der Waals surface area contributed by atoms with Gasteiger partial charge < -0.3 is 14.8 Å². The molecule has 1 atom stereocenters. The fourth-order valence-electron chi connectivity index (χ4n) is 1.60. The zero-order chi connectivity index (χ0) is 11.8. The molecule has 1 unspecified atom stereocenters. The number of likely N-dealkylation sites (N-methyl/N-ethyl adjacent to an activating group) is 1. The third-order valence-corrected chi connectivity index (χ3v) is 2.34. The van der Waals surface area contributed by atoms with Crippen molar-refractivity contribution in [3.8, 4) is 0 Å². The first-order chi connectivity index (χ1) is 7.72. The molecule has 0 saturated heterocycles. The van der Waals surface area contributed by atoms with Gasteiger partial charge >= 0.3 is 0 Å². The average molecular weight is 226 g/mol. The van der Waals surface area contributed by atoms with Crippen LogP contribution in [0.3, 0.4) is 0 Å². The van der Waals surface area contributed by atoms with Gasteiger partial charge in [-0.1, -0.05) is 6.92 Å². The van der Waals surface area contributed by atoms with Gasteiger partial charge in [0, 0.05) is 13.1 Å². The minimum atomic E-state index is -0.327. The Kier molecular flexibility index (Phi) is 6.15. The highest BCUT2D eigenvalue weighted by molar-refractivity contribution is 4.97. The van der Waals surface area contributed by atoms with E-state index in [1.807, 2.05) is 19.2 Å². The van der Waals surface area contributed by atoms with Crippen molar-refractivity contribution in [2.45, 2.75) is 26.0 Å². The molecule has 16 heavy (non-hydrogen) atoms. The summed E-state index contributed by atoms with van der Waals surface area (Å²) in [5, 5.41) is 12.9.